The molecule has 150 valence electrons. The first kappa shape index (κ1) is 18.2. The first-order chi connectivity index (χ1) is 14.7. The van der Waals surface area contributed by atoms with Gasteiger partial charge < -0.3 is 19.6 Å². The van der Waals surface area contributed by atoms with Crippen LogP contribution in [0, 0.1) is 0 Å². The first-order valence-electron chi connectivity index (χ1n) is 9.87. The molecule has 2 aromatic carbocycles. The maximum absolute atomic E-state index is 12.8. The molecular weight excluding hydrogens is 380 g/mol. The number of H-pyrrole nitrogens is 1. The highest BCUT2D eigenvalue weighted by molar-refractivity contribution is 6.00. The Hall–Kier alpha value is -3.87. The molecule has 1 atom stereocenters. The van der Waals surface area contributed by atoms with Crippen LogP contribution in [0.15, 0.2) is 71.6 Å². The zero-order chi connectivity index (χ0) is 20.5. The zero-order valence-electron chi connectivity index (χ0n) is 16.2. The van der Waals surface area contributed by atoms with Gasteiger partial charge in [0.05, 0.1) is 6.20 Å². The minimum Gasteiger partial charge on any atom is -0.438 e. The summed E-state index contributed by atoms with van der Waals surface area (Å²) in [5.74, 6) is -0.351. The predicted octanol–water partition coefficient (Wildman–Crippen LogP) is 4.07. The van der Waals surface area contributed by atoms with Crippen molar-refractivity contribution in [1.82, 2.24) is 14.9 Å². The van der Waals surface area contributed by atoms with Gasteiger partial charge in [0.15, 0.2) is 6.39 Å². The summed E-state index contributed by atoms with van der Waals surface area (Å²) >= 11 is 0. The van der Waals surface area contributed by atoms with Gasteiger partial charge in [-0.15, -0.1) is 0 Å². The fourth-order valence-electron chi connectivity index (χ4n) is 3.93. The minimum absolute atomic E-state index is 0.150. The van der Waals surface area contributed by atoms with E-state index in [4.69, 9.17) is 4.42 Å². The van der Waals surface area contributed by atoms with Gasteiger partial charge in [0.1, 0.15) is 6.04 Å². The van der Waals surface area contributed by atoms with Gasteiger partial charge in [0, 0.05) is 28.8 Å². The predicted molar refractivity (Wildman–Crippen MR) is 113 cm³/mol. The van der Waals surface area contributed by atoms with Crippen molar-refractivity contribution in [2.24, 2.45) is 0 Å². The summed E-state index contributed by atoms with van der Waals surface area (Å²) in [4.78, 5) is 34.1. The summed E-state index contributed by atoms with van der Waals surface area (Å²) in [6.07, 6.45) is 3.99. The summed E-state index contributed by atoms with van der Waals surface area (Å²) < 4.78 is 5.09. The molecular formula is C23H20N4O3. The summed E-state index contributed by atoms with van der Waals surface area (Å²) in [7, 11) is 0. The lowest BCUT2D eigenvalue weighted by molar-refractivity contribution is -0.119. The van der Waals surface area contributed by atoms with Gasteiger partial charge >= 0.3 is 0 Å². The highest BCUT2D eigenvalue weighted by Gasteiger charge is 2.35. The number of benzene rings is 2. The Bertz CT molecular complexity index is 1160. The molecule has 7 heteroatoms. The molecule has 3 heterocycles. The van der Waals surface area contributed by atoms with Crippen molar-refractivity contribution in [3.63, 3.8) is 0 Å². The fourth-order valence-corrected chi connectivity index (χ4v) is 3.93. The minimum atomic E-state index is -0.518. The first-order valence-corrected chi connectivity index (χ1v) is 9.87. The third kappa shape index (κ3) is 3.34. The maximum Gasteiger partial charge on any atom is 0.291 e. The molecule has 0 radical (unpaired) electrons. The molecule has 1 aliphatic heterocycles. The summed E-state index contributed by atoms with van der Waals surface area (Å²) in [6, 6.07) is 17.4. The number of fused-ring (bicyclic) bond motifs is 1. The Morgan fingerprint density at radius 3 is 2.73 bits per heavy atom. The van der Waals surface area contributed by atoms with Crippen LogP contribution in [0.25, 0.3) is 22.2 Å². The molecule has 1 aliphatic rings. The van der Waals surface area contributed by atoms with Crippen molar-refractivity contribution < 1.29 is 14.0 Å². The third-order valence-corrected chi connectivity index (χ3v) is 5.45. The number of hydrogen-bond acceptors (Lipinski definition) is 4. The number of nitrogens with zero attached hydrogens (tertiary/aromatic N) is 2. The highest BCUT2D eigenvalue weighted by Crippen LogP contribution is 2.26. The van der Waals surface area contributed by atoms with Crippen LogP contribution in [0.4, 0.5) is 5.69 Å². The number of likely N-dealkylation sites (tertiary alicyclic amines) is 1. The van der Waals surface area contributed by atoms with E-state index < -0.39 is 6.04 Å². The summed E-state index contributed by atoms with van der Waals surface area (Å²) in [6.45, 7) is 0.525. The van der Waals surface area contributed by atoms with E-state index >= 15 is 0 Å². The normalized spacial score (nSPS) is 16.1. The molecule has 4 aromatic rings. The van der Waals surface area contributed by atoms with Gasteiger partial charge in [-0.25, -0.2) is 4.98 Å². The van der Waals surface area contributed by atoms with Crippen molar-refractivity contribution in [2.45, 2.75) is 18.9 Å². The van der Waals surface area contributed by atoms with E-state index in [0.717, 1.165) is 28.6 Å². The lowest BCUT2D eigenvalue weighted by Crippen LogP contribution is -2.43. The van der Waals surface area contributed by atoms with E-state index in [1.54, 1.807) is 4.90 Å². The number of nitrogens with one attached hydrogen (secondary N) is 2. The van der Waals surface area contributed by atoms with Crippen molar-refractivity contribution in [3.05, 3.63) is 72.9 Å². The number of hydrogen-bond donors (Lipinski definition) is 2. The Morgan fingerprint density at radius 2 is 1.97 bits per heavy atom. The van der Waals surface area contributed by atoms with Crippen LogP contribution in [0.3, 0.4) is 0 Å². The number of oxazole rings is 1. The summed E-state index contributed by atoms with van der Waals surface area (Å²) in [5.41, 5.74) is 3.84. The number of carbonyl (C=O) groups excluding carboxylic acids is 2. The Balaban J connectivity index is 1.29. The van der Waals surface area contributed by atoms with Crippen LogP contribution in [0.2, 0.25) is 0 Å². The number of aromatic amines is 1. The Kier molecular flexibility index (Phi) is 4.55. The van der Waals surface area contributed by atoms with E-state index in [9.17, 15) is 9.59 Å². The Labute approximate surface area is 172 Å². The number of anilines is 1. The molecule has 0 spiro atoms. The van der Waals surface area contributed by atoms with Gasteiger partial charge in [-0.2, -0.15) is 0 Å². The van der Waals surface area contributed by atoms with Crippen LogP contribution < -0.4 is 5.32 Å². The second kappa shape index (κ2) is 7.51. The second-order valence-corrected chi connectivity index (χ2v) is 7.36. The van der Waals surface area contributed by atoms with E-state index in [2.05, 4.69) is 27.4 Å². The maximum atomic E-state index is 12.8. The van der Waals surface area contributed by atoms with Crippen LogP contribution >= 0.6 is 0 Å². The molecule has 2 N–H and O–H groups in total. The molecule has 1 saturated heterocycles. The van der Waals surface area contributed by atoms with Crippen molar-refractivity contribution in [1.29, 1.82) is 0 Å². The quantitative estimate of drug-likeness (QED) is 0.540. The van der Waals surface area contributed by atoms with Gasteiger partial charge in [0.2, 0.25) is 11.7 Å². The molecule has 1 fully saturated rings. The molecule has 0 unspecified atom stereocenters. The van der Waals surface area contributed by atoms with Gasteiger partial charge in [-0.3, -0.25) is 9.59 Å². The lowest BCUT2D eigenvalue weighted by atomic mass is 10.1. The van der Waals surface area contributed by atoms with Gasteiger partial charge in [0.25, 0.3) is 5.91 Å². The lowest BCUT2D eigenvalue weighted by Gasteiger charge is -2.22. The van der Waals surface area contributed by atoms with Gasteiger partial charge in [-0.05, 0) is 42.7 Å². The molecule has 2 aromatic heterocycles. The number of aromatic nitrogens is 2. The molecule has 5 rings (SSSR count). The van der Waals surface area contributed by atoms with E-state index in [1.807, 2.05) is 42.5 Å². The number of para-hydroxylation sites is 1. The molecule has 30 heavy (non-hydrogen) atoms. The molecule has 0 bridgehead atoms. The van der Waals surface area contributed by atoms with Crippen molar-refractivity contribution in [2.75, 3.05) is 11.9 Å². The SMILES string of the molecule is O=C(Nc1ccc(-c2cc3ccccc3[nH]2)cc1)[C@@H]1CCCN1C(=O)c1cnco1. The van der Waals surface area contributed by atoms with Gasteiger partial charge in [-0.1, -0.05) is 30.3 Å². The largest absolute Gasteiger partial charge is 0.438 e. The van der Waals surface area contributed by atoms with E-state index in [0.29, 0.717) is 18.7 Å². The average molecular weight is 400 g/mol. The highest BCUT2D eigenvalue weighted by atomic mass is 16.3. The van der Waals surface area contributed by atoms with Crippen LogP contribution in [-0.2, 0) is 4.79 Å². The van der Waals surface area contributed by atoms with Crippen molar-refractivity contribution in [3.8, 4) is 11.3 Å². The summed E-state index contributed by atoms with van der Waals surface area (Å²) in [5, 5.41) is 4.09. The Morgan fingerprint density at radius 1 is 1.13 bits per heavy atom. The second-order valence-electron chi connectivity index (χ2n) is 7.36. The molecule has 2 amide bonds. The van der Waals surface area contributed by atoms with Crippen LogP contribution in [-0.4, -0.2) is 39.3 Å². The van der Waals surface area contributed by atoms with Crippen LogP contribution in [0.1, 0.15) is 23.4 Å². The van der Waals surface area contributed by atoms with Crippen molar-refractivity contribution >= 4 is 28.4 Å². The standard InChI is InChI=1S/C23H20N4O3/c28-22(20-6-3-11-27(20)23(29)21-13-24-14-30-21)25-17-9-7-15(8-10-17)19-12-16-4-1-2-5-18(16)26-19/h1-2,4-5,7-10,12-14,20,26H,3,6,11H2,(H,25,28)/t20-/m0/s1. The number of rotatable bonds is 4. The fraction of sp³-hybridized carbons (Fsp3) is 0.174. The molecule has 7 nitrogen and oxygen atoms in total. The van der Waals surface area contributed by atoms with Crippen LogP contribution in [0.5, 0.6) is 0 Å². The molecule has 0 saturated carbocycles. The zero-order valence-corrected chi connectivity index (χ0v) is 16.2. The monoisotopic (exact) mass is 400 g/mol. The van der Waals surface area contributed by atoms with E-state index in [-0.39, 0.29) is 17.6 Å². The average Bonchev–Trinajstić information content (AvgIpc) is 3.54. The van der Waals surface area contributed by atoms with E-state index in [1.165, 1.54) is 12.6 Å². The molecule has 0 aliphatic carbocycles. The smallest absolute Gasteiger partial charge is 0.291 e. The topological polar surface area (TPSA) is 91.2 Å². The third-order valence-electron chi connectivity index (χ3n) is 5.45. The number of carbonyl (C=O) groups is 2. The number of amides is 2.